The number of nitrogens with two attached hydrogens (primary N) is 1. The minimum atomic E-state index is -10.7. The molecule has 15 nitrogen and oxygen atoms in total. The van der Waals surface area contributed by atoms with Gasteiger partial charge in [0.1, 0.15) is 11.6 Å². The van der Waals surface area contributed by atoms with Gasteiger partial charge in [-0.15, -0.1) is 14.6 Å². The molecular formula is C51H84F7N8O7P. The molecular weight excluding hydrogens is 1000 g/mol. The summed E-state index contributed by atoms with van der Waals surface area (Å²) in [5.74, 6) is 11.3. The number of halogens is 7. The Kier molecular flexibility index (Phi) is 16.5. The average Bonchev–Trinajstić information content (AvgIpc) is 3.38. The molecule has 6 unspecified atom stereocenters. The van der Waals surface area contributed by atoms with Crippen molar-refractivity contribution in [2.45, 2.75) is 196 Å². The van der Waals surface area contributed by atoms with Gasteiger partial charge in [-0.2, -0.15) is 0 Å². The van der Waals surface area contributed by atoms with Gasteiger partial charge in [0.15, 0.2) is 5.90 Å². The van der Waals surface area contributed by atoms with Gasteiger partial charge in [-0.25, -0.2) is 15.3 Å². The van der Waals surface area contributed by atoms with E-state index in [9.17, 15) is 59.6 Å². The van der Waals surface area contributed by atoms with Crippen molar-refractivity contribution < 1.29 is 68.9 Å². The number of amidine groups is 1. The number of aliphatic imine (C=N–C) groups is 1. The summed E-state index contributed by atoms with van der Waals surface area (Å²) in [5.41, 5.74) is -0.113. The number of aryl methyl sites for hydroxylation is 1. The maximum absolute atomic E-state index is 12.4. The van der Waals surface area contributed by atoms with E-state index in [0.29, 0.717) is 36.5 Å². The van der Waals surface area contributed by atoms with Crippen LogP contribution in [0.5, 0.6) is 0 Å². The molecule has 2 aliphatic heterocycles. The smallest absolute Gasteiger partial charge is 0.309 e. The van der Waals surface area contributed by atoms with Gasteiger partial charge in [-0.3, -0.25) is 20.0 Å². The minimum absolute atomic E-state index is 0.0602. The van der Waals surface area contributed by atoms with E-state index in [1.807, 2.05) is 0 Å². The van der Waals surface area contributed by atoms with Crippen LogP contribution in [-0.4, -0.2) is 127 Å². The van der Waals surface area contributed by atoms with Crippen molar-refractivity contribution in [1.29, 1.82) is 0 Å². The number of nitrogens with zero attached hydrogens (tertiary/aromatic N) is 6. The molecule has 1 aromatic rings. The van der Waals surface area contributed by atoms with Crippen LogP contribution in [-0.2, 0) is 32.7 Å². The predicted molar refractivity (Wildman–Crippen MR) is 266 cm³/mol. The molecule has 12 saturated carbocycles. The third-order valence-electron chi connectivity index (χ3n) is 18.1. The number of rotatable bonds is 3. The van der Waals surface area contributed by atoms with E-state index in [4.69, 9.17) is 10.6 Å². The third-order valence-corrected chi connectivity index (χ3v) is 18.1. The SMILES string of the molecule is CN(C)C(F)=[N+](C)C.COC1=NCCCCC1.F[P-](F)(F)(F)(F)F.NNC(=O)C12CC3CC(CC(O)(C3)C1)C2.O=C(O)C12CC3CC(CC(O)(C3)C1)C2.OC12CC3CC(C1)CC(c1nnc4n1CCCCC4)(C3)C2. The molecule has 12 bridgehead atoms. The van der Waals surface area contributed by atoms with Gasteiger partial charge in [0.25, 0.3) is 0 Å². The molecule has 12 aliphatic carbocycles. The first-order valence-corrected chi connectivity index (χ1v) is 29.0. The van der Waals surface area contributed by atoms with Gasteiger partial charge in [-0.1, -0.05) is 12.8 Å². The number of aliphatic hydroxyl groups is 3. The molecule has 0 saturated heterocycles. The molecule has 6 atom stereocenters. The number of hydrogen-bond acceptors (Lipinski definition) is 10. The summed E-state index contributed by atoms with van der Waals surface area (Å²) in [6, 6.07) is 0. The number of hydrogen-bond donors (Lipinski definition) is 6. The van der Waals surface area contributed by atoms with Crippen LogP contribution in [0, 0.1) is 46.3 Å². The van der Waals surface area contributed by atoms with E-state index in [0.717, 1.165) is 121 Å². The van der Waals surface area contributed by atoms with Crippen LogP contribution in [0.1, 0.15) is 172 Å². The zero-order valence-corrected chi connectivity index (χ0v) is 45.0. The summed E-state index contributed by atoms with van der Waals surface area (Å²) in [5, 5.41) is 50.1. The standard InChI is InChI=1S/C17H25N3O.C11H18N2O2.C11H16O3.C7H13NO.C5H12FN2.F6P/c21-17-9-12-6-13(10-17)8-16(7-12,11-17)15-19-18-14-4-2-1-3-5-20(14)15;12-13-9(14)10-2-7-1-8(3-10)5-11(15,4-7)6-10;12-9(13)10-2-7-1-8(3-10)5-11(14,4-7)6-10;1-9-7-5-3-2-4-6-8-7;1-7(2)5(6)8(3)4;1-7(2,3,4,5)6/h12-13,21H,1-11H2;7-8,15H,1-6,12H2,(H,13,14);7-8,14H,1-6H2,(H,12,13);2-6H2,1H3;1-4H3;/q;;;;+1;-1. The molecule has 74 heavy (non-hydrogen) atoms. The van der Waals surface area contributed by atoms with Gasteiger partial charge in [-0.05, 0) is 177 Å². The van der Waals surface area contributed by atoms with E-state index in [1.54, 1.807) is 35.3 Å². The molecule has 424 valence electrons. The summed E-state index contributed by atoms with van der Waals surface area (Å²) in [6.45, 7) is 2.05. The Balaban J connectivity index is 0.000000136. The first-order valence-electron chi connectivity index (χ1n) is 27.0. The van der Waals surface area contributed by atoms with Crippen LogP contribution in [0.2, 0.25) is 0 Å². The van der Waals surface area contributed by atoms with Crippen LogP contribution in [0.3, 0.4) is 0 Å². The molecule has 0 aromatic carbocycles. The number of nitrogens with one attached hydrogen (secondary N) is 1. The first kappa shape index (κ1) is 58.5. The van der Waals surface area contributed by atoms with Crippen LogP contribution in [0.4, 0.5) is 29.6 Å². The Hall–Kier alpha value is -3.20. The van der Waals surface area contributed by atoms with Gasteiger partial charge in [0, 0.05) is 31.3 Å². The quantitative estimate of drug-likeness (QED) is 0.0193. The maximum Gasteiger partial charge on any atom is 0.309 e. The molecule has 12 fully saturated rings. The number of ether oxygens (including phenoxy) is 1. The molecule has 3 heterocycles. The fraction of sp³-hybridized carbons (Fsp3) is 0.882. The number of carbonyl (C=O) groups excluding carboxylic acids is 1. The molecule has 23 heteroatoms. The number of hydrazine groups is 1. The summed E-state index contributed by atoms with van der Waals surface area (Å²) in [7, 11) is -2.31. The Morgan fingerprint density at radius 2 is 1.14 bits per heavy atom. The zero-order chi connectivity index (χ0) is 54.4. The van der Waals surface area contributed by atoms with Gasteiger partial charge >= 0.3 is 45.0 Å². The Morgan fingerprint density at radius 1 is 0.689 bits per heavy atom. The maximum atomic E-state index is 12.4. The van der Waals surface area contributed by atoms with Crippen molar-refractivity contribution in [1.82, 2.24) is 25.1 Å². The van der Waals surface area contributed by atoms with Crippen molar-refractivity contribution in [2.24, 2.45) is 57.2 Å². The van der Waals surface area contributed by atoms with Crippen molar-refractivity contribution in [2.75, 3.05) is 41.8 Å². The second-order valence-electron chi connectivity index (χ2n) is 25.4. The summed E-state index contributed by atoms with van der Waals surface area (Å²) >= 11 is 0. The first-order chi connectivity index (χ1) is 34.2. The van der Waals surface area contributed by atoms with Crippen LogP contribution in [0.15, 0.2) is 4.99 Å². The van der Waals surface area contributed by atoms with E-state index in [2.05, 4.69) is 25.2 Å². The molecule has 1 aromatic heterocycles. The minimum Gasteiger partial charge on any atom is -0.481 e. The average molecular weight is 1090 g/mol. The Labute approximate surface area is 430 Å². The number of aliphatic carboxylic acids is 1. The van der Waals surface area contributed by atoms with Crippen LogP contribution < -0.4 is 11.3 Å². The number of aromatic nitrogens is 3. The molecule has 0 radical (unpaired) electrons. The molecule has 7 N–H and O–H groups in total. The number of amides is 1. The topological polar surface area (TPSA) is 212 Å². The van der Waals surface area contributed by atoms with E-state index in [-0.39, 0.29) is 22.8 Å². The molecule has 0 spiro atoms. The number of carboxylic acids is 1. The third kappa shape index (κ3) is 14.7. The molecule has 14 aliphatic rings. The normalized spacial score (nSPS) is 39.2. The van der Waals surface area contributed by atoms with Crippen molar-refractivity contribution in [3.05, 3.63) is 11.6 Å². The van der Waals surface area contributed by atoms with Gasteiger partial charge in [0.05, 0.1) is 62.9 Å². The van der Waals surface area contributed by atoms with Crippen molar-refractivity contribution >= 4 is 31.7 Å². The zero-order valence-electron chi connectivity index (χ0n) is 44.1. The molecule has 1 amide bonds. The van der Waals surface area contributed by atoms with E-state index < -0.39 is 36.0 Å². The number of methoxy groups -OCH3 is 1. The van der Waals surface area contributed by atoms with Gasteiger partial charge < -0.3 is 29.7 Å². The van der Waals surface area contributed by atoms with E-state index >= 15 is 0 Å². The molecule has 15 rings (SSSR count). The fourth-order valence-corrected chi connectivity index (χ4v) is 16.9. The predicted octanol–water partition coefficient (Wildman–Crippen LogP) is 9.43. The van der Waals surface area contributed by atoms with Crippen LogP contribution in [0.25, 0.3) is 0 Å². The fourth-order valence-electron chi connectivity index (χ4n) is 16.9. The number of carboxylic acid groups (broad SMARTS) is 1. The summed E-state index contributed by atoms with van der Waals surface area (Å²) in [6.07, 6.45) is 26.7. The largest absolute Gasteiger partial charge is 0.481 e. The second-order valence-corrected chi connectivity index (χ2v) is 27.3. The van der Waals surface area contributed by atoms with Crippen molar-refractivity contribution in [3.63, 3.8) is 0 Å². The summed E-state index contributed by atoms with van der Waals surface area (Å²) < 4.78 is 80.5. The Morgan fingerprint density at radius 3 is 1.55 bits per heavy atom. The van der Waals surface area contributed by atoms with Crippen LogP contribution >= 0.6 is 7.81 Å². The van der Waals surface area contributed by atoms with E-state index in [1.165, 1.54) is 85.3 Å². The number of carbonyl (C=O) groups is 2. The van der Waals surface area contributed by atoms with Crippen molar-refractivity contribution in [3.8, 4) is 0 Å². The monoisotopic (exact) mass is 1080 g/mol. The second kappa shape index (κ2) is 20.9. The van der Waals surface area contributed by atoms with Gasteiger partial charge in [0.2, 0.25) is 5.91 Å². The summed E-state index contributed by atoms with van der Waals surface area (Å²) in [4.78, 5) is 28.8. The number of fused-ring (bicyclic) bond motifs is 1. The Bertz CT molecular complexity index is 2210.